The first-order valence-electron chi connectivity index (χ1n) is 8.90. The number of benzene rings is 2. The summed E-state index contributed by atoms with van der Waals surface area (Å²) in [5, 5.41) is 0.490. The van der Waals surface area contributed by atoms with Crippen molar-refractivity contribution in [3.63, 3.8) is 0 Å². The third-order valence-electron chi connectivity index (χ3n) is 4.87. The number of thioether (sulfide) groups is 1. The highest BCUT2D eigenvalue weighted by molar-refractivity contribution is 9.10. The Morgan fingerprint density at radius 2 is 1.82 bits per heavy atom. The largest absolute Gasteiger partial charge is 0.316 e. The molecule has 2 heterocycles. The van der Waals surface area contributed by atoms with E-state index in [2.05, 4.69) is 20.9 Å². The zero-order valence-electron chi connectivity index (χ0n) is 15.2. The van der Waals surface area contributed by atoms with Gasteiger partial charge in [0.05, 0.1) is 24.0 Å². The highest BCUT2D eigenvalue weighted by Crippen LogP contribution is 2.41. The minimum atomic E-state index is -3.07. The number of fused-ring (bicyclic) bond motifs is 1. The van der Waals surface area contributed by atoms with E-state index in [1.807, 2.05) is 60.4 Å². The Bertz CT molecular complexity index is 1030. The van der Waals surface area contributed by atoms with Crippen molar-refractivity contribution in [1.82, 2.24) is 0 Å². The maximum absolute atomic E-state index is 12.6. The summed E-state index contributed by atoms with van der Waals surface area (Å²) >= 11 is 4.82. The Balaban J connectivity index is 1.62. The van der Waals surface area contributed by atoms with Crippen molar-refractivity contribution >= 4 is 54.3 Å². The van der Waals surface area contributed by atoms with E-state index < -0.39 is 9.84 Å². The number of nitrogens with zero attached hydrogens (tertiary/aromatic N) is 2. The standard InChI is InChI=1S/C20H19BrN2O3S2/c1-13-2-4-14(5-3-13)10-19(24)22-20-23(16-8-6-15(21)7-9-16)17-11-28(25,26)12-18(17)27-20/h2-9,17-18H,10-12H2,1H3/t17-,18+/m0/s1. The average molecular weight is 479 g/mol. The van der Waals surface area contributed by atoms with Crippen molar-refractivity contribution in [2.24, 2.45) is 4.99 Å². The van der Waals surface area contributed by atoms with Crippen molar-refractivity contribution in [2.75, 3.05) is 16.4 Å². The summed E-state index contributed by atoms with van der Waals surface area (Å²) in [7, 11) is -3.07. The van der Waals surface area contributed by atoms with Crippen LogP contribution in [-0.2, 0) is 21.1 Å². The molecule has 2 fully saturated rings. The molecule has 2 aromatic carbocycles. The molecule has 0 radical (unpaired) electrons. The van der Waals surface area contributed by atoms with Crippen LogP contribution in [0.5, 0.6) is 0 Å². The number of aryl methyl sites for hydroxylation is 1. The summed E-state index contributed by atoms with van der Waals surface area (Å²) in [6.45, 7) is 2.00. The SMILES string of the molecule is Cc1ccc(CC(=O)N=C2S[C@@H]3CS(=O)(=O)C[C@@H]3N2c2ccc(Br)cc2)cc1. The van der Waals surface area contributed by atoms with E-state index >= 15 is 0 Å². The molecule has 0 spiro atoms. The van der Waals surface area contributed by atoms with Crippen LogP contribution in [0.3, 0.4) is 0 Å². The first-order chi connectivity index (χ1) is 13.3. The lowest BCUT2D eigenvalue weighted by atomic mass is 10.1. The van der Waals surface area contributed by atoms with Gasteiger partial charge in [0.1, 0.15) is 0 Å². The van der Waals surface area contributed by atoms with Gasteiger partial charge in [-0.25, -0.2) is 8.42 Å². The average Bonchev–Trinajstić information content (AvgIpc) is 3.09. The third-order valence-corrected chi connectivity index (χ3v) is 8.61. The number of halogens is 1. The van der Waals surface area contributed by atoms with Crippen LogP contribution >= 0.6 is 27.7 Å². The van der Waals surface area contributed by atoms with Gasteiger partial charge in [-0.05, 0) is 36.8 Å². The summed E-state index contributed by atoms with van der Waals surface area (Å²) in [5.74, 6) is -0.0109. The van der Waals surface area contributed by atoms with E-state index in [4.69, 9.17) is 0 Å². The van der Waals surface area contributed by atoms with Gasteiger partial charge in [-0.1, -0.05) is 57.5 Å². The van der Waals surface area contributed by atoms with Crippen LogP contribution in [0.25, 0.3) is 0 Å². The molecule has 5 nitrogen and oxygen atoms in total. The Kier molecular flexibility index (Phi) is 5.37. The van der Waals surface area contributed by atoms with Gasteiger partial charge < -0.3 is 4.90 Å². The van der Waals surface area contributed by atoms with Crippen molar-refractivity contribution < 1.29 is 13.2 Å². The monoisotopic (exact) mass is 478 g/mol. The summed E-state index contributed by atoms with van der Waals surface area (Å²) in [6.07, 6.45) is 0.228. The molecule has 2 atom stereocenters. The number of carbonyl (C=O) groups excluding carboxylic acids is 1. The Morgan fingerprint density at radius 3 is 2.50 bits per heavy atom. The highest BCUT2D eigenvalue weighted by Gasteiger charge is 2.49. The smallest absolute Gasteiger partial charge is 0.252 e. The number of hydrogen-bond donors (Lipinski definition) is 0. The molecule has 8 heteroatoms. The molecule has 0 aliphatic carbocycles. The number of amides is 1. The molecule has 0 aromatic heterocycles. The number of anilines is 1. The van der Waals surface area contributed by atoms with Crippen molar-refractivity contribution in [1.29, 1.82) is 0 Å². The summed E-state index contributed by atoms with van der Waals surface area (Å²) in [6, 6.07) is 15.3. The normalized spacial score (nSPS) is 24.5. The van der Waals surface area contributed by atoms with Gasteiger partial charge in [-0.2, -0.15) is 4.99 Å². The maximum atomic E-state index is 12.6. The fraction of sp³-hybridized carbons (Fsp3) is 0.300. The second-order valence-corrected chi connectivity index (χ2v) is 11.4. The number of hydrogen-bond acceptors (Lipinski definition) is 4. The second-order valence-electron chi connectivity index (χ2n) is 7.10. The van der Waals surface area contributed by atoms with E-state index in [1.165, 1.54) is 11.8 Å². The molecule has 2 aromatic rings. The lowest BCUT2D eigenvalue weighted by Crippen LogP contribution is -2.37. The molecular formula is C20H19BrN2O3S2. The summed E-state index contributed by atoms with van der Waals surface area (Å²) < 4.78 is 25.2. The fourth-order valence-electron chi connectivity index (χ4n) is 3.49. The lowest BCUT2D eigenvalue weighted by molar-refractivity contribution is -0.117. The van der Waals surface area contributed by atoms with Crippen LogP contribution in [0.15, 0.2) is 58.0 Å². The molecule has 2 aliphatic rings. The van der Waals surface area contributed by atoms with E-state index in [1.54, 1.807) is 0 Å². The minimum absolute atomic E-state index is 0.0892. The van der Waals surface area contributed by atoms with Crippen LogP contribution in [0, 0.1) is 6.92 Å². The molecule has 4 rings (SSSR count). The van der Waals surface area contributed by atoms with Gasteiger partial charge in [-0.3, -0.25) is 4.79 Å². The number of carbonyl (C=O) groups is 1. The molecule has 2 aliphatic heterocycles. The van der Waals surface area contributed by atoms with Gasteiger partial charge in [0.2, 0.25) is 0 Å². The molecule has 1 amide bonds. The van der Waals surface area contributed by atoms with Crippen LogP contribution < -0.4 is 4.90 Å². The number of sulfone groups is 1. The zero-order chi connectivity index (χ0) is 19.9. The van der Waals surface area contributed by atoms with Crippen LogP contribution in [-0.4, -0.2) is 42.3 Å². The predicted molar refractivity (Wildman–Crippen MR) is 118 cm³/mol. The van der Waals surface area contributed by atoms with E-state index in [9.17, 15) is 13.2 Å². The van der Waals surface area contributed by atoms with Gasteiger partial charge in [0.15, 0.2) is 15.0 Å². The minimum Gasteiger partial charge on any atom is -0.316 e. The Hall–Kier alpha value is -1.64. The molecule has 2 saturated heterocycles. The zero-order valence-corrected chi connectivity index (χ0v) is 18.4. The van der Waals surface area contributed by atoms with Gasteiger partial charge in [0, 0.05) is 15.4 Å². The number of rotatable bonds is 3. The van der Waals surface area contributed by atoms with Crippen molar-refractivity contribution in [3.8, 4) is 0 Å². The van der Waals surface area contributed by atoms with Gasteiger partial charge >= 0.3 is 0 Å². The van der Waals surface area contributed by atoms with Crippen LogP contribution in [0.4, 0.5) is 5.69 Å². The molecule has 0 bridgehead atoms. The molecule has 0 saturated carbocycles. The Morgan fingerprint density at radius 1 is 1.14 bits per heavy atom. The first-order valence-corrected chi connectivity index (χ1v) is 12.4. The topological polar surface area (TPSA) is 66.8 Å². The van der Waals surface area contributed by atoms with Crippen LogP contribution in [0.2, 0.25) is 0 Å². The molecule has 0 N–H and O–H groups in total. The van der Waals surface area contributed by atoms with E-state index in [0.717, 1.165) is 21.3 Å². The number of aliphatic imine (C=N–C) groups is 1. The lowest BCUT2D eigenvalue weighted by Gasteiger charge is -2.24. The quantitative estimate of drug-likeness (QED) is 0.673. The maximum Gasteiger partial charge on any atom is 0.252 e. The van der Waals surface area contributed by atoms with E-state index in [0.29, 0.717) is 5.17 Å². The molecule has 28 heavy (non-hydrogen) atoms. The van der Waals surface area contributed by atoms with Crippen molar-refractivity contribution in [2.45, 2.75) is 24.6 Å². The second kappa shape index (κ2) is 7.65. The highest BCUT2D eigenvalue weighted by atomic mass is 79.9. The molecule has 146 valence electrons. The first kappa shape index (κ1) is 19.7. The Labute approximate surface area is 177 Å². The molecular weight excluding hydrogens is 460 g/mol. The van der Waals surface area contributed by atoms with Gasteiger partial charge in [0.25, 0.3) is 5.91 Å². The fourth-order valence-corrected chi connectivity index (χ4v) is 7.69. The number of amidine groups is 1. The predicted octanol–water partition coefficient (Wildman–Crippen LogP) is 3.60. The third kappa shape index (κ3) is 4.18. The van der Waals surface area contributed by atoms with Crippen LogP contribution in [0.1, 0.15) is 11.1 Å². The molecule has 0 unspecified atom stereocenters. The van der Waals surface area contributed by atoms with E-state index in [-0.39, 0.29) is 35.1 Å². The summed E-state index contributed by atoms with van der Waals surface area (Å²) in [5.41, 5.74) is 2.91. The van der Waals surface area contributed by atoms with Crippen molar-refractivity contribution in [3.05, 3.63) is 64.1 Å². The van der Waals surface area contributed by atoms with Gasteiger partial charge in [-0.15, -0.1) is 0 Å². The summed E-state index contributed by atoms with van der Waals surface area (Å²) in [4.78, 5) is 18.9.